The van der Waals surface area contributed by atoms with Crippen LogP contribution in [0, 0.1) is 6.92 Å². The number of nitrogens with zero attached hydrogens (tertiary/aromatic N) is 1. The molecule has 1 heterocycles. The van der Waals surface area contributed by atoms with Crippen LogP contribution >= 0.6 is 23.2 Å². The monoisotopic (exact) mass is 393 g/mol. The van der Waals surface area contributed by atoms with Crippen LogP contribution in [0.3, 0.4) is 0 Å². The Balaban J connectivity index is 2.07. The average molecular weight is 394 g/mol. The van der Waals surface area contributed by atoms with Crippen LogP contribution < -0.4 is 5.56 Å². The molecule has 0 aliphatic carbocycles. The van der Waals surface area contributed by atoms with E-state index in [4.69, 9.17) is 23.2 Å². The normalized spacial score (nSPS) is 11.1. The van der Waals surface area contributed by atoms with Crippen molar-refractivity contribution in [1.82, 2.24) is 4.57 Å². The molecule has 0 saturated carbocycles. The first-order valence-corrected chi connectivity index (χ1v) is 9.36. The molecule has 0 bridgehead atoms. The first kappa shape index (κ1) is 17.8. The van der Waals surface area contributed by atoms with Crippen molar-refractivity contribution < 1.29 is 0 Å². The van der Waals surface area contributed by atoms with Gasteiger partial charge in [-0.25, -0.2) is 0 Å². The Morgan fingerprint density at radius 3 is 2.19 bits per heavy atom. The van der Waals surface area contributed by atoms with E-state index in [2.05, 4.69) is 6.07 Å². The lowest BCUT2D eigenvalue weighted by atomic mass is 9.94. The lowest BCUT2D eigenvalue weighted by molar-refractivity contribution is 0.894. The van der Waals surface area contributed by atoms with E-state index in [-0.39, 0.29) is 5.56 Å². The molecule has 0 radical (unpaired) electrons. The molecule has 0 fully saturated rings. The van der Waals surface area contributed by atoms with Gasteiger partial charge in [0.25, 0.3) is 5.56 Å². The molecular weight excluding hydrogens is 377 g/mol. The maximum absolute atomic E-state index is 12.8. The number of hydrogen-bond acceptors (Lipinski definition) is 1. The number of benzene rings is 3. The molecule has 0 aliphatic rings. The molecule has 0 atom stereocenters. The zero-order chi connectivity index (χ0) is 19.1. The number of pyridine rings is 1. The molecule has 4 aromatic rings. The molecule has 0 amide bonds. The van der Waals surface area contributed by atoms with Gasteiger partial charge in [-0.2, -0.15) is 0 Å². The Bertz CT molecular complexity index is 1220. The van der Waals surface area contributed by atoms with E-state index in [9.17, 15) is 4.79 Å². The molecule has 27 heavy (non-hydrogen) atoms. The third kappa shape index (κ3) is 3.16. The van der Waals surface area contributed by atoms with Crippen molar-refractivity contribution in [1.29, 1.82) is 0 Å². The lowest BCUT2D eigenvalue weighted by Gasteiger charge is -2.15. The van der Waals surface area contributed by atoms with Crippen LogP contribution in [-0.2, 0) is 7.05 Å². The Morgan fingerprint density at radius 1 is 0.778 bits per heavy atom. The van der Waals surface area contributed by atoms with Gasteiger partial charge >= 0.3 is 0 Å². The quantitative estimate of drug-likeness (QED) is 0.381. The summed E-state index contributed by atoms with van der Waals surface area (Å²) in [5.74, 6) is 0. The van der Waals surface area contributed by atoms with Crippen molar-refractivity contribution in [3.63, 3.8) is 0 Å². The van der Waals surface area contributed by atoms with Gasteiger partial charge in [-0.1, -0.05) is 53.5 Å². The fourth-order valence-corrected chi connectivity index (χ4v) is 3.85. The highest BCUT2D eigenvalue weighted by Gasteiger charge is 2.15. The second kappa shape index (κ2) is 6.88. The van der Waals surface area contributed by atoms with Gasteiger partial charge in [-0.3, -0.25) is 4.79 Å². The summed E-state index contributed by atoms with van der Waals surface area (Å²) >= 11 is 12.2. The topological polar surface area (TPSA) is 22.0 Å². The molecule has 0 aliphatic heterocycles. The maximum Gasteiger partial charge on any atom is 0.254 e. The predicted molar refractivity (Wildman–Crippen MR) is 115 cm³/mol. The SMILES string of the molecule is Cc1c(-c2cccc(Cl)c2)c2cc(-c3ccc(Cl)cc3)ccc2n(C)c1=O. The van der Waals surface area contributed by atoms with Crippen molar-refractivity contribution in [3.05, 3.63) is 92.7 Å². The highest BCUT2D eigenvalue weighted by Crippen LogP contribution is 2.34. The molecule has 134 valence electrons. The van der Waals surface area contributed by atoms with Gasteiger partial charge in [0.1, 0.15) is 0 Å². The molecule has 0 N–H and O–H groups in total. The summed E-state index contributed by atoms with van der Waals surface area (Å²) in [5.41, 5.74) is 5.60. The summed E-state index contributed by atoms with van der Waals surface area (Å²) in [6, 6.07) is 21.5. The maximum atomic E-state index is 12.8. The smallest absolute Gasteiger partial charge is 0.254 e. The number of aryl methyl sites for hydroxylation is 1. The average Bonchev–Trinajstić information content (AvgIpc) is 2.67. The van der Waals surface area contributed by atoms with E-state index in [1.54, 1.807) is 11.6 Å². The molecule has 3 aromatic carbocycles. The minimum absolute atomic E-state index is 0.00304. The minimum Gasteiger partial charge on any atom is -0.311 e. The predicted octanol–water partition coefficient (Wildman–Crippen LogP) is 6.49. The largest absolute Gasteiger partial charge is 0.311 e. The highest BCUT2D eigenvalue weighted by molar-refractivity contribution is 6.31. The molecule has 0 spiro atoms. The second-order valence-corrected chi connectivity index (χ2v) is 7.49. The van der Waals surface area contributed by atoms with Crippen molar-refractivity contribution >= 4 is 34.1 Å². The number of aromatic nitrogens is 1. The summed E-state index contributed by atoms with van der Waals surface area (Å²) in [7, 11) is 1.81. The van der Waals surface area contributed by atoms with Crippen LogP contribution in [0.2, 0.25) is 10.0 Å². The van der Waals surface area contributed by atoms with Crippen molar-refractivity contribution in [2.45, 2.75) is 6.92 Å². The molecule has 4 heteroatoms. The van der Waals surface area contributed by atoms with Crippen molar-refractivity contribution in [2.24, 2.45) is 7.05 Å². The minimum atomic E-state index is -0.00304. The van der Waals surface area contributed by atoms with E-state index in [0.717, 1.165) is 33.2 Å². The van der Waals surface area contributed by atoms with Crippen LogP contribution in [0.1, 0.15) is 5.56 Å². The highest BCUT2D eigenvalue weighted by atomic mass is 35.5. The number of rotatable bonds is 2. The van der Waals surface area contributed by atoms with Crippen LogP contribution in [0.25, 0.3) is 33.2 Å². The molecule has 4 rings (SSSR count). The first-order valence-electron chi connectivity index (χ1n) is 8.61. The molecule has 2 nitrogen and oxygen atoms in total. The standard InChI is InChI=1S/C23H17Cl2NO/c1-14-22(17-4-3-5-19(25)12-17)20-13-16(15-6-9-18(24)10-7-15)8-11-21(20)26(2)23(14)27/h3-13H,1-2H3. The van der Waals surface area contributed by atoms with Crippen LogP contribution in [0.5, 0.6) is 0 Å². The van der Waals surface area contributed by atoms with Gasteiger partial charge in [-0.15, -0.1) is 0 Å². The van der Waals surface area contributed by atoms with Gasteiger partial charge < -0.3 is 4.57 Å². The number of hydrogen-bond donors (Lipinski definition) is 0. The van der Waals surface area contributed by atoms with Gasteiger partial charge in [0.2, 0.25) is 0 Å². The fourth-order valence-electron chi connectivity index (χ4n) is 3.54. The molecule has 1 aromatic heterocycles. The summed E-state index contributed by atoms with van der Waals surface area (Å²) in [6.45, 7) is 1.87. The number of halogens is 2. The Morgan fingerprint density at radius 2 is 1.48 bits per heavy atom. The Kier molecular flexibility index (Phi) is 4.55. The van der Waals surface area contributed by atoms with Crippen LogP contribution in [0.15, 0.2) is 71.5 Å². The lowest BCUT2D eigenvalue weighted by Crippen LogP contribution is -2.20. The summed E-state index contributed by atoms with van der Waals surface area (Å²) < 4.78 is 1.70. The van der Waals surface area contributed by atoms with E-state index in [0.29, 0.717) is 15.6 Å². The van der Waals surface area contributed by atoms with Crippen LogP contribution in [0.4, 0.5) is 0 Å². The molecule has 0 saturated heterocycles. The number of fused-ring (bicyclic) bond motifs is 1. The zero-order valence-corrected chi connectivity index (χ0v) is 16.5. The Hall–Kier alpha value is -2.55. The van der Waals surface area contributed by atoms with Gasteiger partial charge in [0, 0.05) is 28.0 Å². The Labute approximate surface area is 167 Å². The van der Waals surface area contributed by atoms with Crippen LogP contribution in [-0.4, -0.2) is 4.57 Å². The second-order valence-electron chi connectivity index (χ2n) is 6.61. The first-order chi connectivity index (χ1) is 13.0. The van der Waals surface area contributed by atoms with E-state index < -0.39 is 0 Å². The van der Waals surface area contributed by atoms with Gasteiger partial charge in [-0.05, 0) is 65.6 Å². The van der Waals surface area contributed by atoms with E-state index in [1.165, 1.54) is 0 Å². The van der Waals surface area contributed by atoms with Crippen molar-refractivity contribution in [2.75, 3.05) is 0 Å². The van der Waals surface area contributed by atoms with E-state index in [1.807, 2.05) is 67.6 Å². The summed E-state index contributed by atoms with van der Waals surface area (Å²) in [4.78, 5) is 12.8. The van der Waals surface area contributed by atoms with Gasteiger partial charge in [0.15, 0.2) is 0 Å². The third-order valence-corrected chi connectivity index (χ3v) is 5.41. The molecular formula is C23H17Cl2NO. The third-order valence-electron chi connectivity index (χ3n) is 4.92. The molecule has 0 unspecified atom stereocenters. The summed E-state index contributed by atoms with van der Waals surface area (Å²) in [5, 5.41) is 2.37. The summed E-state index contributed by atoms with van der Waals surface area (Å²) in [6.07, 6.45) is 0. The van der Waals surface area contributed by atoms with Gasteiger partial charge in [0.05, 0.1) is 5.52 Å². The fraction of sp³-hybridized carbons (Fsp3) is 0.0870. The van der Waals surface area contributed by atoms with E-state index >= 15 is 0 Å². The van der Waals surface area contributed by atoms with Crippen molar-refractivity contribution in [3.8, 4) is 22.3 Å². The zero-order valence-electron chi connectivity index (χ0n) is 15.0.